The van der Waals surface area contributed by atoms with E-state index in [9.17, 15) is 22.4 Å². The molecule has 0 saturated heterocycles. The Morgan fingerprint density at radius 2 is 2.08 bits per heavy atom. The summed E-state index contributed by atoms with van der Waals surface area (Å²) in [4.78, 5) is 16.8. The zero-order valence-corrected chi connectivity index (χ0v) is 13.3. The Morgan fingerprint density at radius 3 is 2.67 bits per heavy atom. The standard InChI is InChI=1S/C14H13ClF4N4O/c1-2-22(12(24)3-4-14(17,18)19)11-8-23(21-13(11)15)10-5-9(16)6-20-7-10/h5-8H,2-4H2,1H3. The van der Waals surface area contributed by atoms with Crippen molar-refractivity contribution < 1.29 is 22.4 Å². The molecule has 0 N–H and O–H groups in total. The van der Waals surface area contributed by atoms with Crippen LogP contribution in [0.2, 0.25) is 5.15 Å². The van der Waals surface area contributed by atoms with Gasteiger partial charge in [0.15, 0.2) is 5.15 Å². The van der Waals surface area contributed by atoms with Gasteiger partial charge in [-0.1, -0.05) is 11.6 Å². The second kappa shape index (κ2) is 7.16. The van der Waals surface area contributed by atoms with Gasteiger partial charge in [0.05, 0.1) is 30.7 Å². The number of carbonyl (C=O) groups is 1. The molecule has 0 radical (unpaired) electrons. The fourth-order valence-electron chi connectivity index (χ4n) is 2.05. The van der Waals surface area contributed by atoms with Gasteiger partial charge in [-0.15, -0.1) is 0 Å². The van der Waals surface area contributed by atoms with E-state index < -0.39 is 30.7 Å². The molecule has 0 aromatic carbocycles. The molecule has 0 saturated carbocycles. The molecule has 0 atom stereocenters. The first-order valence-corrected chi connectivity index (χ1v) is 7.32. The highest BCUT2D eigenvalue weighted by molar-refractivity contribution is 6.32. The molecular weight excluding hydrogens is 352 g/mol. The van der Waals surface area contributed by atoms with Crippen LogP contribution in [-0.2, 0) is 4.79 Å². The van der Waals surface area contributed by atoms with Crippen molar-refractivity contribution in [3.8, 4) is 5.69 Å². The summed E-state index contributed by atoms with van der Waals surface area (Å²) in [5.41, 5.74) is 0.414. The van der Waals surface area contributed by atoms with Crippen molar-refractivity contribution in [3.05, 3.63) is 35.6 Å². The van der Waals surface area contributed by atoms with Crippen LogP contribution in [0.15, 0.2) is 24.7 Å². The van der Waals surface area contributed by atoms with Crippen LogP contribution in [0.25, 0.3) is 5.69 Å². The van der Waals surface area contributed by atoms with Gasteiger partial charge >= 0.3 is 6.18 Å². The molecule has 2 heterocycles. The maximum atomic E-state index is 13.2. The molecule has 10 heteroatoms. The van der Waals surface area contributed by atoms with Crippen LogP contribution in [0, 0.1) is 5.82 Å². The van der Waals surface area contributed by atoms with E-state index in [-0.39, 0.29) is 23.1 Å². The SMILES string of the molecule is CCN(C(=O)CCC(F)(F)F)c1cn(-c2cncc(F)c2)nc1Cl. The van der Waals surface area contributed by atoms with Gasteiger partial charge in [0, 0.05) is 19.0 Å². The van der Waals surface area contributed by atoms with E-state index in [4.69, 9.17) is 11.6 Å². The highest BCUT2D eigenvalue weighted by atomic mass is 35.5. The van der Waals surface area contributed by atoms with Crippen molar-refractivity contribution in [2.75, 3.05) is 11.4 Å². The number of carbonyl (C=O) groups excluding carboxylic acids is 1. The Hall–Kier alpha value is -2.16. The predicted molar refractivity (Wildman–Crippen MR) is 79.6 cm³/mol. The Morgan fingerprint density at radius 1 is 1.38 bits per heavy atom. The third-order valence-corrected chi connectivity index (χ3v) is 3.41. The quantitative estimate of drug-likeness (QED) is 0.759. The van der Waals surface area contributed by atoms with E-state index in [0.29, 0.717) is 0 Å². The van der Waals surface area contributed by atoms with Gasteiger partial charge in [0.25, 0.3) is 0 Å². The van der Waals surface area contributed by atoms with Crippen molar-refractivity contribution in [2.24, 2.45) is 0 Å². The van der Waals surface area contributed by atoms with Crippen molar-refractivity contribution in [1.29, 1.82) is 0 Å². The van der Waals surface area contributed by atoms with E-state index in [1.807, 2.05) is 0 Å². The molecule has 1 amide bonds. The number of nitrogens with zero attached hydrogens (tertiary/aromatic N) is 4. The average Bonchev–Trinajstić information content (AvgIpc) is 2.87. The summed E-state index contributed by atoms with van der Waals surface area (Å²) < 4.78 is 51.2. The van der Waals surface area contributed by atoms with Gasteiger partial charge in [0.2, 0.25) is 5.91 Å². The Balaban J connectivity index is 2.25. The molecule has 130 valence electrons. The summed E-state index contributed by atoms with van der Waals surface area (Å²) in [6, 6.07) is 1.15. The van der Waals surface area contributed by atoms with Crippen LogP contribution in [0.1, 0.15) is 19.8 Å². The molecule has 0 spiro atoms. The molecular formula is C14H13ClF4N4O. The highest BCUT2D eigenvalue weighted by Crippen LogP contribution is 2.28. The highest BCUT2D eigenvalue weighted by Gasteiger charge is 2.30. The summed E-state index contributed by atoms with van der Waals surface area (Å²) >= 11 is 5.98. The first kappa shape index (κ1) is 18.2. The molecule has 2 aromatic heterocycles. The summed E-state index contributed by atoms with van der Waals surface area (Å²) in [7, 11) is 0. The largest absolute Gasteiger partial charge is 0.389 e. The maximum Gasteiger partial charge on any atom is 0.389 e. The van der Waals surface area contributed by atoms with Gasteiger partial charge in [-0.3, -0.25) is 9.78 Å². The van der Waals surface area contributed by atoms with E-state index in [0.717, 1.165) is 17.2 Å². The van der Waals surface area contributed by atoms with Crippen LogP contribution in [0.4, 0.5) is 23.2 Å². The molecule has 0 aliphatic rings. The number of pyridine rings is 1. The summed E-state index contributed by atoms with van der Waals surface area (Å²) in [6.07, 6.45) is -2.65. The van der Waals surface area contributed by atoms with Crippen molar-refractivity contribution in [2.45, 2.75) is 25.9 Å². The van der Waals surface area contributed by atoms with Crippen molar-refractivity contribution in [1.82, 2.24) is 14.8 Å². The lowest BCUT2D eigenvalue weighted by atomic mass is 10.2. The minimum Gasteiger partial charge on any atom is -0.309 e. The predicted octanol–water partition coefficient (Wildman–Crippen LogP) is 3.76. The molecule has 0 aliphatic heterocycles. The summed E-state index contributed by atoms with van der Waals surface area (Å²) in [5, 5.41) is 3.86. The molecule has 24 heavy (non-hydrogen) atoms. The zero-order valence-electron chi connectivity index (χ0n) is 12.5. The lowest BCUT2D eigenvalue weighted by molar-refractivity contribution is -0.143. The minimum atomic E-state index is -4.42. The topological polar surface area (TPSA) is 51.0 Å². The van der Waals surface area contributed by atoms with Crippen LogP contribution < -0.4 is 4.90 Å². The van der Waals surface area contributed by atoms with E-state index in [1.165, 1.54) is 17.1 Å². The van der Waals surface area contributed by atoms with Gasteiger partial charge in [0.1, 0.15) is 11.5 Å². The Labute approximate surface area is 139 Å². The molecule has 0 aliphatic carbocycles. The molecule has 0 unspecified atom stereocenters. The van der Waals surface area contributed by atoms with Gasteiger partial charge in [-0.2, -0.15) is 18.3 Å². The third kappa shape index (κ3) is 4.44. The Kier molecular flexibility index (Phi) is 5.43. The molecule has 2 rings (SSSR count). The monoisotopic (exact) mass is 364 g/mol. The molecule has 0 fully saturated rings. The third-order valence-electron chi connectivity index (χ3n) is 3.14. The maximum absolute atomic E-state index is 13.2. The smallest absolute Gasteiger partial charge is 0.309 e. The fraction of sp³-hybridized carbons (Fsp3) is 0.357. The van der Waals surface area contributed by atoms with Crippen LogP contribution >= 0.6 is 11.6 Å². The van der Waals surface area contributed by atoms with Crippen LogP contribution in [-0.4, -0.2) is 33.4 Å². The Bertz CT molecular complexity index is 732. The van der Waals surface area contributed by atoms with Crippen molar-refractivity contribution in [3.63, 3.8) is 0 Å². The summed E-state index contributed by atoms with van der Waals surface area (Å²) in [5.74, 6) is -1.32. The second-order valence-electron chi connectivity index (χ2n) is 4.86. The van der Waals surface area contributed by atoms with Crippen LogP contribution in [0.5, 0.6) is 0 Å². The van der Waals surface area contributed by atoms with Gasteiger partial charge in [-0.05, 0) is 6.92 Å². The lowest BCUT2D eigenvalue weighted by Crippen LogP contribution is -2.31. The molecule has 5 nitrogen and oxygen atoms in total. The number of aromatic nitrogens is 3. The normalized spacial score (nSPS) is 11.6. The van der Waals surface area contributed by atoms with Gasteiger partial charge in [-0.25, -0.2) is 9.07 Å². The van der Waals surface area contributed by atoms with Crippen LogP contribution in [0.3, 0.4) is 0 Å². The second-order valence-corrected chi connectivity index (χ2v) is 5.22. The number of amides is 1. The van der Waals surface area contributed by atoms with Gasteiger partial charge < -0.3 is 4.90 Å². The lowest BCUT2D eigenvalue weighted by Gasteiger charge is -2.19. The minimum absolute atomic E-state index is 0.0820. The number of anilines is 1. The molecule has 0 bridgehead atoms. The number of rotatable bonds is 5. The number of hydrogen-bond donors (Lipinski definition) is 0. The average molecular weight is 365 g/mol. The fourth-order valence-corrected chi connectivity index (χ4v) is 2.28. The summed E-state index contributed by atoms with van der Waals surface area (Å²) in [6.45, 7) is 1.71. The number of alkyl halides is 3. The van der Waals surface area contributed by atoms with E-state index in [1.54, 1.807) is 6.92 Å². The molecule has 2 aromatic rings. The first-order chi connectivity index (χ1) is 11.2. The zero-order chi connectivity index (χ0) is 17.9. The first-order valence-electron chi connectivity index (χ1n) is 6.94. The number of hydrogen-bond acceptors (Lipinski definition) is 3. The van der Waals surface area contributed by atoms with Crippen molar-refractivity contribution >= 4 is 23.2 Å². The number of halogens is 5. The van der Waals surface area contributed by atoms with E-state index in [2.05, 4.69) is 10.1 Å². The van der Waals surface area contributed by atoms with E-state index >= 15 is 0 Å².